The average Bonchev–Trinajstić information content (AvgIpc) is 3.32. The number of aromatic nitrogens is 2. The fourth-order valence-electron chi connectivity index (χ4n) is 2.48. The predicted octanol–water partition coefficient (Wildman–Crippen LogP) is 2.72. The highest BCUT2D eigenvalue weighted by atomic mass is 32.2. The molecule has 0 saturated heterocycles. The maximum absolute atomic E-state index is 12.0. The molecule has 0 aliphatic rings. The molecule has 1 aromatic heterocycles. The molecule has 3 aromatic rings. The van der Waals surface area contributed by atoms with Crippen molar-refractivity contribution in [1.29, 1.82) is 0 Å². The Morgan fingerprint density at radius 1 is 0.667 bits per heavy atom. The van der Waals surface area contributed by atoms with Crippen LogP contribution in [0.5, 0.6) is 0 Å². The fourth-order valence-corrected chi connectivity index (χ4v) is 5.16. The summed E-state index contributed by atoms with van der Waals surface area (Å²) in [6.07, 6.45) is 0. The Kier molecular flexibility index (Phi) is 9.60. The lowest BCUT2D eigenvalue weighted by Crippen LogP contribution is -2.30. The summed E-state index contributed by atoms with van der Waals surface area (Å²) in [5.74, 6) is -0.681. The number of thioether (sulfide) groups is 2. The van der Waals surface area contributed by atoms with Gasteiger partial charge in [0, 0.05) is 11.1 Å². The van der Waals surface area contributed by atoms with Crippen LogP contribution in [-0.4, -0.2) is 58.2 Å². The largest absolute Gasteiger partial charge is 0.348 e. The number of carbonyl (C=O) groups is 4. The van der Waals surface area contributed by atoms with E-state index in [1.165, 1.54) is 34.9 Å². The highest BCUT2D eigenvalue weighted by Crippen LogP contribution is 2.28. The summed E-state index contributed by atoms with van der Waals surface area (Å²) in [6, 6.07) is 17.5. The minimum Gasteiger partial charge on any atom is -0.348 e. The van der Waals surface area contributed by atoms with Gasteiger partial charge in [-0.3, -0.25) is 19.2 Å². The van der Waals surface area contributed by atoms with E-state index in [0.29, 0.717) is 19.8 Å². The number of rotatable bonds is 12. The number of amides is 2. The van der Waals surface area contributed by atoms with Crippen molar-refractivity contribution in [1.82, 2.24) is 20.8 Å². The summed E-state index contributed by atoms with van der Waals surface area (Å²) in [5.41, 5.74) is 1.09. The van der Waals surface area contributed by atoms with Crippen molar-refractivity contribution in [2.45, 2.75) is 8.68 Å². The molecule has 0 aliphatic carbocycles. The molecule has 0 saturated carbocycles. The Bertz CT molecular complexity index is 1020. The molecule has 8 nitrogen and oxygen atoms in total. The Labute approximate surface area is 203 Å². The Morgan fingerprint density at radius 2 is 1.06 bits per heavy atom. The number of Topliss-reactive ketones (excluding diaryl/α,β-unsaturated/α-hetero) is 2. The van der Waals surface area contributed by atoms with E-state index in [1.807, 2.05) is 12.1 Å². The van der Waals surface area contributed by atoms with E-state index in [4.69, 9.17) is 0 Å². The molecule has 33 heavy (non-hydrogen) atoms. The van der Waals surface area contributed by atoms with E-state index in [-0.39, 0.29) is 48.0 Å². The van der Waals surface area contributed by atoms with Crippen molar-refractivity contribution in [3.05, 3.63) is 71.8 Å². The van der Waals surface area contributed by atoms with Gasteiger partial charge in [0.2, 0.25) is 11.8 Å². The van der Waals surface area contributed by atoms with Gasteiger partial charge in [0.15, 0.2) is 20.2 Å². The van der Waals surface area contributed by atoms with Crippen LogP contribution in [0.1, 0.15) is 20.7 Å². The average molecular weight is 501 g/mol. The van der Waals surface area contributed by atoms with Gasteiger partial charge in [-0.25, -0.2) is 0 Å². The summed E-state index contributed by atoms with van der Waals surface area (Å²) in [4.78, 5) is 48.0. The van der Waals surface area contributed by atoms with Crippen LogP contribution in [0, 0.1) is 0 Å². The summed E-state index contributed by atoms with van der Waals surface area (Å²) >= 11 is 3.68. The molecule has 1 heterocycles. The SMILES string of the molecule is O=C(CSc1nnc(SCC(=O)NCC(=O)c2ccccc2)s1)NCC(=O)c1ccccc1. The smallest absolute Gasteiger partial charge is 0.230 e. The van der Waals surface area contributed by atoms with Gasteiger partial charge < -0.3 is 10.6 Å². The van der Waals surface area contributed by atoms with E-state index < -0.39 is 0 Å². The van der Waals surface area contributed by atoms with Crippen molar-refractivity contribution in [2.75, 3.05) is 24.6 Å². The molecule has 0 spiro atoms. The fraction of sp³-hybridized carbons (Fsp3) is 0.182. The maximum Gasteiger partial charge on any atom is 0.230 e. The van der Waals surface area contributed by atoms with Crippen LogP contribution < -0.4 is 10.6 Å². The van der Waals surface area contributed by atoms with Crippen molar-refractivity contribution in [2.24, 2.45) is 0 Å². The molecule has 0 aliphatic heterocycles. The Hall–Kier alpha value is -3.02. The topological polar surface area (TPSA) is 118 Å². The van der Waals surface area contributed by atoms with E-state index in [2.05, 4.69) is 20.8 Å². The van der Waals surface area contributed by atoms with Gasteiger partial charge in [-0.15, -0.1) is 10.2 Å². The number of nitrogens with one attached hydrogen (secondary N) is 2. The van der Waals surface area contributed by atoms with E-state index in [0.717, 1.165) is 0 Å². The van der Waals surface area contributed by atoms with Gasteiger partial charge in [0.1, 0.15) is 0 Å². The zero-order chi connectivity index (χ0) is 23.5. The van der Waals surface area contributed by atoms with E-state index in [1.54, 1.807) is 48.5 Å². The van der Waals surface area contributed by atoms with Crippen LogP contribution in [-0.2, 0) is 9.59 Å². The molecule has 0 fully saturated rings. The van der Waals surface area contributed by atoms with Crippen LogP contribution in [0.15, 0.2) is 69.3 Å². The summed E-state index contributed by atoms with van der Waals surface area (Å²) in [6.45, 7) is -0.134. The van der Waals surface area contributed by atoms with Gasteiger partial charge in [0.25, 0.3) is 0 Å². The van der Waals surface area contributed by atoms with Crippen molar-refractivity contribution in [3.8, 4) is 0 Å². The standard InChI is InChI=1S/C22H20N4O4S3/c27-17(15-7-3-1-4-8-15)11-23-19(29)13-31-21-25-26-22(33-21)32-14-20(30)24-12-18(28)16-9-5-2-6-10-16/h1-10H,11-14H2,(H,23,29)(H,24,30). The lowest BCUT2D eigenvalue weighted by Gasteiger charge is -2.04. The quantitative estimate of drug-likeness (QED) is 0.288. The van der Waals surface area contributed by atoms with E-state index in [9.17, 15) is 19.2 Å². The molecule has 11 heteroatoms. The molecule has 0 bridgehead atoms. The first-order chi connectivity index (χ1) is 16.0. The minimum atomic E-state index is -0.281. The van der Waals surface area contributed by atoms with Crippen LogP contribution in [0.2, 0.25) is 0 Å². The number of nitrogens with zero attached hydrogens (tertiary/aromatic N) is 2. The zero-order valence-corrected chi connectivity index (χ0v) is 19.8. The number of ketones is 2. The molecule has 2 N–H and O–H groups in total. The second-order valence-electron chi connectivity index (χ2n) is 6.54. The molecule has 3 rings (SSSR count). The second-order valence-corrected chi connectivity index (χ2v) is 9.97. The molecule has 170 valence electrons. The Morgan fingerprint density at radius 3 is 1.45 bits per heavy atom. The van der Waals surface area contributed by atoms with Gasteiger partial charge in [-0.1, -0.05) is 95.5 Å². The predicted molar refractivity (Wildman–Crippen MR) is 129 cm³/mol. The van der Waals surface area contributed by atoms with Crippen LogP contribution in [0.3, 0.4) is 0 Å². The Balaban J connectivity index is 1.33. The molecule has 0 atom stereocenters. The molecule has 0 unspecified atom stereocenters. The first-order valence-electron chi connectivity index (χ1n) is 9.80. The maximum atomic E-state index is 12.0. The normalized spacial score (nSPS) is 10.4. The van der Waals surface area contributed by atoms with Gasteiger partial charge in [-0.2, -0.15) is 0 Å². The third kappa shape index (κ3) is 8.44. The van der Waals surface area contributed by atoms with E-state index >= 15 is 0 Å². The monoisotopic (exact) mass is 500 g/mol. The van der Waals surface area contributed by atoms with Gasteiger partial charge in [0.05, 0.1) is 24.6 Å². The van der Waals surface area contributed by atoms with Gasteiger partial charge in [-0.05, 0) is 0 Å². The molecule has 2 amide bonds. The van der Waals surface area contributed by atoms with Crippen molar-refractivity contribution < 1.29 is 19.2 Å². The number of carbonyl (C=O) groups excluding carboxylic acids is 4. The summed E-state index contributed by atoms with van der Waals surface area (Å²) < 4.78 is 1.17. The first-order valence-corrected chi connectivity index (χ1v) is 12.6. The third-order valence-electron chi connectivity index (χ3n) is 4.13. The lowest BCUT2D eigenvalue weighted by atomic mass is 10.1. The highest BCUT2D eigenvalue weighted by Gasteiger charge is 2.13. The summed E-state index contributed by atoms with van der Waals surface area (Å²) in [5, 5.41) is 13.2. The first kappa shape index (κ1) is 24.6. The summed E-state index contributed by atoms with van der Waals surface area (Å²) in [7, 11) is 0. The zero-order valence-electron chi connectivity index (χ0n) is 17.4. The van der Waals surface area contributed by atoms with Crippen LogP contribution in [0.25, 0.3) is 0 Å². The minimum absolute atomic E-state index is 0.0670. The second kappa shape index (κ2) is 12.9. The number of hydrogen-bond donors (Lipinski definition) is 2. The lowest BCUT2D eigenvalue weighted by molar-refractivity contribution is -0.119. The highest BCUT2D eigenvalue weighted by molar-refractivity contribution is 8.03. The van der Waals surface area contributed by atoms with Crippen molar-refractivity contribution >= 4 is 58.2 Å². The molecule has 2 aromatic carbocycles. The van der Waals surface area contributed by atoms with Gasteiger partial charge >= 0.3 is 0 Å². The van der Waals surface area contributed by atoms with Crippen LogP contribution in [0.4, 0.5) is 0 Å². The number of benzene rings is 2. The number of hydrogen-bond acceptors (Lipinski definition) is 9. The molecular weight excluding hydrogens is 480 g/mol. The molecule has 0 radical (unpaired) electrons. The van der Waals surface area contributed by atoms with Crippen molar-refractivity contribution in [3.63, 3.8) is 0 Å². The van der Waals surface area contributed by atoms with Crippen LogP contribution >= 0.6 is 34.9 Å². The molecular formula is C22H20N4O4S3. The third-order valence-corrected chi connectivity index (χ3v) is 7.32.